The summed E-state index contributed by atoms with van der Waals surface area (Å²) in [5.41, 5.74) is 2.65. The molecule has 0 bridgehead atoms. The summed E-state index contributed by atoms with van der Waals surface area (Å²) in [5.74, 6) is 0.428. The van der Waals surface area contributed by atoms with E-state index >= 15 is 0 Å². The summed E-state index contributed by atoms with van der Waals surface area (Å²) >= 11 is 3.60. The van der Waals surface area contributed by atoms with Gasteiger partial charge in [-0.3, -0.25) is 4.79 Å². The Labute approximate surface area is 122 Å². The predicted octanol–water partition coefficient (Wildman–Crippen LogP) is 2.55. The first-order valence-corrected chi connectivity index (χ1v) is 7.83. The highest BCUT2D eigenvalue weighted by atomic mass is 79.9. The molecule has 1 unspecified atom stereocenters. The lowest BCUT2D eigenvalue weighted by Crippen LogP contribution is -2.39. The fourth-order valence-electron chi connectivity index (χ4n) is 3.13. The number of benzene rings is 1. The first-order chi connectivity index (χ1) is 9.25. The van der Waals surface area contributed by atoms with Gasteiger partial charge in [-0.15, -0.1) is 0 Å². The maximum atomic E-state index is 12.3. The molecule has 0 aromatic heterocycles. The van der Waals surface area contributed by atoms with Gasteiger partial charge in [0.05, 0.1) is 6.04 Å². The first kappa shape index (κ1) is 13.1. The second-order valence-electron chi connectivity index (χ2n) is 5.43. The van der Waals surface area contributed by atoms with Gasteiger partial charge in [-0.1, -0.05) is 28.1 Å². The maximum Gasteiger partial charge on any atom is 0.223 e. The summed E-state index contributed by atoms with van der Waals surface area (Å²) in [4.78, 5) is 12.3. The lowest BCUT2D eigenvalue weighted by Gasteiger charge is -2.24. The number of piperidine rings is 1. The molecule has 1 aliphatic heterocycles. The molecule has 3 rings (SSSR count). The van der Waals surface area contributed by atoms with Gasteiger partial charge in [-0.05, 0) is 56.0 Å². The third kappa shape index (κ3) is 2.70. The van der Waals surface area contributed by atoms with Crippen LogP contribution in [0.1, 0.15) is 36.4 Å². The van der Waals surface area contributed by atoms with Crippen LogP contribution in [0, 0.1) is 5.92 Å². The summed E-state index contributed by atoms with van der Waals surface area (Å²) < 4.78 is 1.17. The molecule has 0 spiro atoms. The normalized spacial score (nSPS) is 23.1. The van der Waals surface area contributed by atoms with Crippen LogP contribution in [-0.4, -0.2) is 19.0 Å². The summed E-state index contributed by atoms with van der Waals surface area (Å²) in [7, 11) is 0. The van der Waals surface area contributed by atoms with Gasteiger partial charge in [0, 0.05) is 10.4 Å². The Hall–Kier alpha value is -0.870. The topological polar surface area (TPSA) is 41.1 Å². The van der Waals surface area contributed by atoms with E-state index < -0.39 is 0 Å². The molecule has 1 amide bonds. The van der Waals surface area contributed by atoms with E-state index in [1.54, 1.807) is 0 Å². The average Bonchev–Trinajstić information content (AvgIpc) is 2.84. The van der Waals surface area contributed by atoms with Crippen molar-refractivity contribution < 1.29 is 4.79 Å². The molecule has 4 heteroatoms. The quantitative estimate of drug-likeness (QED) is 0.878. The van der Waals surface area contributed by atoms with Crippen molar-refractivity contribution in [3.8, 4) is 0 Å². The average molecular weight is 323 g/mol. The number of rotatable bonds is 2. The lowest BCUT2D eigenvalue weighted by molar-refractivity contribution is -0.126. The van der Waals surface area contributed by atoms with Gasteiger partial charge in [0.25, 0.3) is 0 Å². The van der Waals surface area contributed by atoms with Crippen LogP contribution < -0.4 is 10.6 Å². The molecule has 0 radical (unpaired) electrons. The fourth-order valence-corrected chi connectivity index (χ4v) is 3.71. The zero-order valence-corrected chi connectivity index (χ0v) is 12.5. The molecular formula is C15H19BrN2O. The van der Waals surface area contributed by atoms with Crippen LogP contribution in [0.4, 0.5) is 0 Å². The molecular weight excluding hydrogens is 304 g/mol. The van der Waals surface area contributed by atoms with Gasteiger partial charge in [0.1, 0.15) is 0 Å². The van der Waals surface area contributed by atoms with Crippen LogP contribution in [0.5, 0.6) is 0 Å². The van der Waals surface area contributed by atoms with Crippen LogP contribution in [0.15, 0.2) is 22.7 Å². The van der Waals surface area contributed by atoms with Gasteiger partial charge in [-0.25, -0.2) is 0 Å². The van der Waals surface area contributed by atoms with E-state index in [4.69, 9.17) is 0 Å². The van der Waals surface area contributed by atoms with Gasteiger partial charge < -0.3 is 10.6 Å². The van der Waals surface area contributed by atoms with Crippen LogP contribution >= 0.6 is 15.9 Å². The molecule has 2 N–H and O–H groups in total. The van der Waals surface area contributed by atoms with Crippen LogP contribution in [-0.2, 0) is 11.2 Å². The van der Waals surface area contributed by atoms with Gasteiger partial charge in [0.15, 0.2) is 0 Å². The number of carbonyl (C=O) groups excluding carboxylic acids is 1. The molecule has 19 heavy (non-hydrogen) atoms. The Morgan fingerprint density at radius 2 is 2.05 bits per heavy atom. The molecule has 1 heterocycles. The van der Waals surface area contributed by atoms with Gasteiger partial charge in [-0.2, -0.15) is 0 Å². The highest BCUT2D eigenvalue weighted by Crippen LogP contribution is 2.35. The number of carbonyl (C=O) groups is 1. The minimum atomic E-state index is 0.192. The minimum absolute atomic E-state index is 0.192. The van der Waals surface area contributed by atoms with Crippen molar-refractivity contribution in [2.45, 2.75) is 31.7 Å². The van der Waals surface area contributed by atoms with E-state index in [-0.39, 0.29) is 17.9 Å². The van der Waals surface area contributed by atoms with Crippen molar-refractivity contribution in [2.75, 3.05) is 13.1 Å². The van der Waals surface area contributed by atoms with E-state index in [0.29, 0.717) is 0 Å². The number of hydrogen-bond acceptors (Lipinski definition) is 2. The maximum absolute atomic E-state index is 12.3. The van der Waals surface area contributed by atoms with Gasteiger partial charge in [0.2, 0.25) is 5.91 Å². The van der Waals surface area contributed by atoms with Crippen molar-refractivity contribution in [3.05, 3.63) is 33.8 Å². The smallest absolute Gasteiger partial charge is 0.223 e. The number of nitrogens with one attached hydrogen (secondary N) is 2. The number of halogens is 1. The van der Waals surface area contributed by atoms with Crippen LogP contribution in [0.3, 0.4) is 0 Å². The molecule has 1 aromatic rings. The van der Waals surface area contributed by atoms with Crippen molar-refractivity contribution in [2.24, 2.45) is 5.92 Å². The molecule has 1 atom stereocenters. The second kappa shape index (κ2) is 5.63. The second-order valence-corrected chi connectivity index (χ2v) is 6.29. The third-order valence-corrected chi connectivity index (χ3v) is 4.98. The number of amides is 1. The Morgan fingerprint density at radius 1 is 1.26 bits per heavy atom. The summed E-state index contributed by atoms with van der Waals surface area (Å²) in [5, 5.41) is 6.54. The zero-order chi connectivity index (χ0) is 13.2. The Balaban J connectivity index is 1.69. The molecule has 2 aliphatic rings. The van der Waals surface area contributed by atoms with Gasteiger partial charge >= 0.3 is 0 Å². The highest BCUT2D eigenvalue weighted by Gasteiger charge is 2.28. The lowest BCUT2D eigenvalue weighted by atomic mass is 9.96. The van der Waals surface area contributed by atoms with Crippen LogP contribution in [0.25, 0.3) is 0 Å². The Kier molecular flexibility index (Phi) is 3.89. The van der Waals surface area contributed by atoms with E-state index in [9.17, 15) is 4.79 Å². The van der Waals surface area contributed by atoms with Crippen molar-refractivity contribution in [3.63, 3.8) is 0 Å². The van der Waals surface area contributed by atoms with Crippen molar-refractivity contribution in [1.29, 1.82) is 0 Å². The fraction of sp³-hybridized carbons (Fsp3) is 0.533. The molecule has 1 aromatic carbocycles. The molecule has 1 fully saturated rings. The number of fused-ring (bicyclic) bond motifs is 1. The van der Waals surface area contributed by atoms with E-state index in [2.05, 4.69) is 44.8 Å². The Bertz CT molecular complexity index is 483. The van der Waals surface area contributed by atoms with E-state index in [0.717, 1.165) is 38.8 Å². The minimum Gasteiger partial charge on any atom is -0.349 e. The van der Waals surface area contributed by atoms with E-state index in [1.807, 2.05) is 0 Å². The highest BCUT2D eigenvalue weighted by molar-refractivity contribution is 9.10. The number of hydrogen-bond donors (Lipinski definition) is 2. The van der Waals surface area contributed by atoms with Crippen molar-refractivity contribution in [1.82, 2.24) is 10.6 Å². The molecule has 1 aliphatic carbocycles. The molecule has 3 nitrogen and oxygen atoms in total. The summed E-state index contributed by atoms with van der Waals surface area (Å²) in [6, 6.07) is 6.48. The van der Waals surface area contributed by atoms with Crippen LogP contribution in [0.2, 0.25) is 0 Å². The predicted molar refractivity (Wildman–Crippen MR) is 78.9 cm³/mol. The standard InChI is InChI=1S/C15H19BrN2O/c16-13-3-1-2-12-11(13)4-5-14(12)18-15(19)10-6-8-17-9-7-10/h1-3,10,14,17H,4-9H2,(H,18,19). The molecule has 102 valence electrons. The first-order valence-electron chi connectivity index (χ1n) is 7.04. The Morgan fingerprint density at radius 3 is 2.84 bits per heavy atom. The van der Waals surface area contributed by atoms with E-state index in [1.165, 1.54) is 15.6 Å². The monoisotopic (exact) mass is 322 g/mol. The SMILES string of the molecule is O=C(NC1CCc2c(Br)cccc21)C1CCNCC1. The third-order valence-electron chi connectivity index (χ3n) is 4.24. The van der Waals surface area contributed by atoms with Crippen molar-refractivity contribution >= 4 is 21.8 Å². The summed E-state index contributed by atoms with van der Waals surface area (Å²) in [6.45, 7) is 1.93. The largest absolute Gasteiger partial charge is 0.349 e. The molecule has 0 saturated carbocycles. The zero-order valence-electron chi connectivity index (χ0n) is 10.9. The summed E-state index contributed by atoms with van der Waals surface area (Å²) in [6.07, 6.45) is 4.00. The molecule has 1 saturated heterocycles.